The highest BCUT2D eigenvalue weighted by molar-refractivity contribution is 7.19. The van der Waals surface area contributed by atoms with Gasteiger partial charge in [0, 0.05) is 9.58 Å². The Balaban J connectivity index is 2.95. The first kappa shape index (κ1) is 7.81. The van der Waals surface area contributed by atoms with Gasteiger partial charge >= 0.3 is 0 Å². The van der Waals surface area contributed by atoms with E-state index < -0.39 is 0 Å². The molecule has 2 aromatic rings. The summed E-state index contributed by atoms with van der Waals surface area (Å²) in [5.74, 6) is 0. The molecule has 12 heavy (non-hydrogen) atoms. The molecule has 1 aromatic carbocycles. The van der Waals surface area contributed by atoms with E-state index in [2.05, 4.69) is 39.0 Å². The summed E-state index contributed by atoms with van der Waals surface area (Å²) in [6.45, 7) is 6.57. The molecule has 0 unspecified atom stereocenters. The quantitative estimate of drug-likeness (QED) is 0.572. The van der Waals surface area contributed by atoms with E-state index in [1.54, 1.807) is 0 Å². The molecule has 0 nitrogen and oxygen atoms in total. The summed E-state index contributed by atoms with van der Waals surface area (Å²) < 4.78 is 1.45. The van der Waals surface area contributed by atoms with E-state index in [-0.39, 0.29) is 0 Å². The summed E-state index contributed by atoms with van der Waals surface area (Å²) in [7, 11) is 0. The molecule has 1 heteroatoms. The van der Waals surface area contributed by atoms with Crippen molar-refractivity contribution in [2.24, 2.45) is 0 Å². The standard InChI is InChI=1S/C11H12S/c1-7-5-4-6-10-8(2)9(3)12-11(7)10/h4-6H,1-3H3. The lowest BCUT2D eigenvalue weighted by Gasteiger charge is -1.94. The summed E-state index contributed by atoms with van der Waals surface area (Å²) in [5.41, 5.74) is 2.84. The van der Waals surface area contributed by atoms with Crippen LogP contribution in [0.3, 0.4) is 0 Å². The van der Waals surface area contributed by atoms with Crippen LogP contribution in [0, 0.1) is 20.8 Å². The van der Waals surface area contributed by atoms with Gasteiger partial charge in [0.2, 0.25) is 0 Å². The van der Waals surface area contributed by atoms with E-state index in [1.807, 2.05) is 11.3 Å². The molecule has 0 atom stereocenters. The topological polar surface area (TPSA) is 0 Å². The van der Waals surface area contributed by atoms with E-state index in [9.17, 15) is 0 Å². The van der Waals surface area contributed by atoms with Gasteiger partial charge in [-0.15, -0.1) is 11.3 Å². The van der Waals surface area contributed by atoms with E-state index in [0.717, 1.165) is 0 Å². The molecule has 2 rings (SSSR count). The molecule has 62 valence electrons. The van der Waals surface area contributed by atoms with Gasteiger partial charge in [-0.25, -0.2) is 0 Å². The summed E-state index contributed by atoms with van der Waals surface area (Å²) in [6.07, 6.45) is 0. The number of aryl methyl sites for hydroxylation is 3. The van der Waals surface area contributed by atoms with Crippen molar-refractivity contribution in [3.8, 4) is 0 Å². The van der Waals surface area contributed by atoms with Gasteiger partial charge in [0.05, 0.1) is 0 Å². The molecule has 0 spiro atoms. The molecule has 0 amide bonds. The van der Waals surface area contributed by atoms with Crippen molar-refractivity contribution in [2.45, 2.75) is 20.8 Å². The fourth-order valence-corrected chi connectivity index (χ4v) is 2.63. The maximum atomic E-state index is 2.21. The van der Waals surface area contributed by atoms with Crippen LogP contribution in [0.2, 0.25) is 0 Å². The first-order valence-corrected chi connectivity index (χ1v) is 4.97. The fourth-order valence-electron chi connectivity index (χ4n) is 1.50. The van der Waals surface area contributed by atoms with Crippen LogP contribution in [-0.2, 0) is 0 Å². The Labute approximate surface area is 76.8 Å². The third-order valence-electron chi connectivity index (χ3n) is 2.40. The Morgan fingerprint density at radius 1 is 1.08 bits per heavy atom. The zero-order chi connectivity index (χ0) is 8.72. The van der Waals surface area contributed by atoms with Gasteiger partial charge < -0.3 is 0 Å². The van der Waals surface area contributed by atoms with Crippen LogP contribution in [0.4, 0.5) is 0 Å². The van der Waals surface area contributed by atoms with Crippen LogP contribution < -0.4 is 0 Å². The summed E-state index contributed by atoms with van der Waals surface area (Å²) in [6, 6.07) is 6.52. The summed E-state index contributed by atoms with van der Waals surface area (Å²) >= 11 is 1.91. The van der Waals surface area contributed by atoms with Crippen molar-refractivity contribution < 1.29 is 0 Å². The predicted octanol–water partition coefficient (Wildman–Crippen LogP) is 3.83. The molecule has 1 heterocycles. The van der Waals surface area contributed by atoms with Crippen molar-refractivity contribution in [1.82, 2.24) is 0 Å². The summed E-state index contributed by atoms with van der Waals surface area (Å²) in [4.78, 5) is 1.44. The SMILES string of the molecule is Cc1sc2c(C)cccc2c1C. The van der Waals surface area contributed by atoms with Crippen molar-refractivity contribution in [1.29, 1.82) is 0 Å². The highest BCUT2D eigenvalue weighted by Crippen LogP contribution is 2.31. The first-order chi connectivity index (χ1) is 5.70. The molecule has 0 aliphatic heterocycles. The fraction of sp³-hybridized carbons (Fsp3) is 0.273. The largest absolute Gasteiger partial charge is 0.140 e. The zero-order valence-corrected chi connectivity index (χ0v) is 8.46. The number of rotatable bonds is 0. The van der Waals surface area contributed by atoms with Gasteiger partial charge in [0.1, 0.15) is 0 Å². The molecule has 0 aliphatic carbocycles. The minimum absolute atomic E-state index is 1.40. The number of hydrogen-bond acceptors (Lipinski definition) is 1. The van der Waals surface area contributed by atoms with Crippen molar-refractivity contribution in [2.75, 3.05) is 0 Å². The zero-order valence-electron chi connectivity index (χ0n) is 7.64. The van der Waals surface area contributed by atoms with Gasteiger partial charge in [-0.2, -0.15) is 0 Å². The van der Waals surface area contributed by atoms with Gasteiger partial charge in [-0.1, -0.05) is 18.2 Å². The maximum Gasteiger partial charge on any atom is 0.0377 e. The number of benzene rings is 1. The average Bonchev–Trinajstić information content (AvgIpc) is 2.32. The predicted molar refractivity (Wildman–Crippen MR) is 56.0 cm³/mol. The molecule has 0 fully saturated rings. The van der Waals surface area contributed by atoms with Crippen molar-refractivity contribution in [3.05, 3.63) is 34.2 Å². The molecular formula is C11H12S. The minimum Gasteiger partial charge on any atom is -0.140 e. The number of hydrogen-bond donors (Lipinski definition) is 0. The third-order valence-corrected chi connectivity index (χ3v) is 3.76. The molecule has 0 N–H and O–H groups in total. The van der Waals surface area contributed by atoms with E-state index in [0.29, 0.717) is 0 Å². The van der Waals surface area contributed by atoms with Crippen molar-refractivity contribution in [3.63, 3.8) is 0 Å². The van der Waals surface area contributed by atoms with Crippen LogP contribution in [0.15, 0.2) is 18.2 Å². The lowest BCUT2D eigenvalue weighted by Crippen LogP contribution is -1.72. The highest BCUT2D eigenvalue weighted by Gasteiger charge is 2.05. The second kappa shape index (κ2) is 2.60. The maximum absolute atomic E-state index is 2.21. The molecule has 0 saturated carbocycles. The lowest BCUT2D eigenvalue weighted by molar-refractivity contribution is 1.47. The van der Waals surface area contributed by atoms with Crippen LogP contribution in [0.1, 0.15) is 16.0 Å². The van der Waals surface area contributed by atoms with Crippen LogP contribution in [-0.4, -0.2) is 0 Å². The Kier molecular flexibility index (Phi) is 1.69. The Hall–Kier alpha value is -0.820. The van der Waals surface area contributed by atoms with E-state index in [1.165, 1.54) is 26.1 Å². The van der Waals surface area contributed by atoms with Crippen LogP contribution in [0.5, 0.6) is 0 Å². The van der Waals surface area contributed by atoms with Crippen molar-refractivity contribution >= 4 is 21.4 Å². The smallest absolute Gasteiger partial charge is 0.0377 e. The van der Waals surface area contributed by atoms with Gasteiger partial charge in [0.15, 0.2) is 0 Å². The monoisotopic (exact) mass is 176 g/mol. The number of thiophene rings is 1. The first-order valence-electron chi connectivity index (χ1n) is 4.15. The Morgan fingerprint density at radius 2 is 1.83 bits per heavy atom. The molecular weight excluding hydrogens is 164 g/mol. The average molecular weight is 176 g/mol. The van der Waals surface area contributed by atoms with Gasteiger partial charge in [0.25, 0.3) is 0 Å². The third kappa shape index (κ3) is 0.969. The van der Waals surface area contributed by atoms with E-state index >= 15 is 0 Å². The number of fused-ring (bicyclic) bond motifs is 1. The second-order valence-electron chi connectivity index (χ2n) is 3.23. The Bertz CT molecular complexity index is 424. The molecule has 0 bridgehead atoms. The molecule has 0 saturated heterocycles. The second-order valence-corrected chi connectivity index (χ2v) is 4.46. The lowest BCUT2D eigenvalue weighted by atomic mass is 10.1. The van der Waals surface area contributed by atoms with Crippen LogP contribution >= 0.6 is 11.3 Å². The van der Waals surface area contributed by atoms with Crippen LogP contribution in [0.25, 0.3) is 10.1 Å². The molecule has 0 radical (unpaired) electrons. The molecule has 0 aliphatic rings. The highest BCUT2D eigenvalue weighted by atomic mass is 32.1. The van der Waals surface area contributed by atoms with Gasteiger partial charge in [-0.05, 0) is 37.3 Å². The Morgan fingerprint density at radius 3 is 2.50 bits per heavy atom. The molecule has 1 aromatic heterocycles. The normalized spacial score (nSPS) is 10.9. The van der Waals surface area contributed by atoms with E-state index in [4.69, 9.17) is 0 Å². The van der Waals surface area contributed by atoms with Gasteiger partial charge in [-0.3, -0.25) is 0 Å². The summed E-state index contributed by atoms with van der Waals surface area (Å²) in [5, 5.41) is 1.43. The minimum atomic E-state index is 1.40.